The smallest absolute Gasteiger partial charge is 0.0424 e. The monoisotopic (exact) mass is 285 g/mol. The van der Waals surface area contributed by atoms with Crippen LogP contribution in [0.15, 0.2) is 18.2 Å². The van der Waals surface area contributed by atoms with Crippen LogP contribution in [0.25, 0.3) is 0 Å². The van der Waals surface area contributed by atoms with Gasteiger partial charge in [-0.3, -0.25) is 4.90 Å². The van der Waals surface area contributed by atoms with Gasteiger partial charge in [-0.05, 0) is 62.0 Å². The number of rotatable bonds is 2. The van der Waals surface area contributed by atoms with E-state index in [1.165, 1.54) is 18.4 Å². The second-order valence-electron chi connectivity index (χ2n) is 6.08. The van der Waals surface area contributed by atoms with E-state index in [0.717, 1.165) is 23.1 Å². The third-order valence-electron chi connectivity index (χ3n) is 4.07. The van der Waals surface area contributed by atoms with E-state index < -0.39 is 0 Å². The lowest BCUT2D eigenvalue weighted by Crippen LogP contribution is -2.38. The molecule has 0 amide bonds. The Morgan fingerprint density at radius 1 is 1.06 bits per heavy atom. The van der Waals surface area contributed by atoms with E-state index in [-0.39, 0.29) is 0 Å². The minimum absolute atomic E-state index is 0.386. The van der Waals surface area contributed by atoms with Gasteiger partial charge in [0.2, 0.25) is 0 Å². The zero-order chi connectivity index (χ0) is 13.3. The molecule has 1 aliphatic rings. The predicted octanol–water partition coefficient (Wildman–Crippen LogP) is 5.18. The molecule has 1 fully saturated rings. The van der Waals surface area contributed by atoms with E-state index in [1.54, 1.807) is 6.07 Å². The third kappa shape index (κ3) is 3.40. The lowest BCUT2D eigenvalue weighted by Gasteiger charge is -2.40. The standard InChI is InChI=1S/C15H21Cl2N/c1-11(12-8-13(16)10-14(17)9-12)18-6-4-15(2,3)5-7-18/h8-11H,4-7H2,1-3H3/t11-/m1/s1. The lowest BCUT2D eigenvalue weighted by molar-refractivity contribution is 0.100. The van der Waals surface area contributed by atoms with Crippen molar-refractivity contribution in [1.29, 1.82) is 0 Å². The van der Waals surface area contributed by atoms with Gasteiger partial charge in [-0.2, -0.15) is 0 Å². The Balaban J connectivity index is 2.09. The van der Waals surface area contributed by atoms with E-state index in [0.29, 0.717) is 11.5 Å². The van der Waals surface area contributed by atoms with Gasteiger partial charge in [0.1, 0.15) is 0 Å². The van der Waals surface area contributed by atoms with Crippen LogP contribution in [-0.4, -0.2) is 18.0 Å². The van der Waals surface area contributed by atoms with Gasteiger partial charge < -0.3 is 0 Å². The van der Waals surface area contributed by atoms with Gasteiger partial charge in [0.05, 0.1) is 0 Å². The van der Waals surface area contributed by atoms with E-state index in [9.17, 15) is 0 Å². The van der Waals surface area contributed by atoms with Crippen LogP contribution in [-0.2, 0) is 0 Å². The van der Waals surface area contributed by atoms with Gasteiger partial charge in [0, 0.05) is 16.1 Å². The molecule has 0 N–H and O–H groups in total. The van der Waals surface area contributed by atoms with Crippen molar-refractivity contribution in [2.75, 3.05) is 13.1 Å². The third-order valence-corrected chi connectivity index (χ3v) is 4.50. The normalized spacial score (nSPS) is 21.8. The van der Waals surface area contributed by atoms with Gasteiger partial charge in [-0.25, -0.2) is 0 Å². The number of hydrogen-bond donors (Lipinski definition) is 0. The molecule has 1 nitrogen and oxygen atoms in total. The molecule has 2 rings (SSSR count). The maximum absolute atomic E-state index is 6.08. The summed E-state index contributed by atoms with van der Waals surface area (Å²) in [5.74, 6) is 0. The van der Waals surface area contributed by atoms with Crippen LogP contribution >= 0.6 is 23.2 Å². The Kier molecular flexibility index (Phi) is 4.25. The van der Waals surface area contributed by atoms with Gasteiger partial charge >= 0.3 is 0 Å². The molecule has 1 aliphatic heterocycles. The van der Waals surface area contributed by atoms with Crippen LogP contribution in [0, 0.1) is 5.41 Å². The highest BCUT2D eigenvalue weighted by Gasteiger charge is 2.28. The molecular weight excluding hydrogens is 265 g/mol. The summed E-state index contributed by atoms with van der Waals surface area (Å²) < 4.78 is 0. The maximum atomic E-state index is 6.08. The summed E-state index contributed by atoms with van der Waals surface area (Å²) in [5.41, 5.74) is 1.70. The number of halogens is 2. The summed E-state index contributed by atoms with van der Waals surface area (Å²) in [5, 5.41) is 1.45. The largest absolute Gasteiger partial charge is 0.297 e. The number of hydrogen-bond acceptors (Lipinski definition) is 1. The fraction of sp³-hybridized carbons (Fsp3) is 0.600. The van der Waals surface area contributed by atoms with Crippen molar-refractivity contribution in [3.05, 3.63) is 33.8 Å². The molecule has 0 bridgehead atoms. The van der Waals surface area contributed by atoms with Crippen molar-refractivity contribution >= 4 is 23.2 Å². The summed E-state index contributed by atoms with van der Waals surface area (Å²) in [6.45, 7) is 9.24. The molecule has 1 aromatic carbocycles. The van der Waals surface area contributed by atoms with Crippen LogP contribution in [0.2, 0.25) is 10.0 Å². The summed E-state index contributed by atoms with van der Waals surface area (Å²) in [4.78, 5) is 2.52. The first-order valence-electron chi connectivity index (χ1n) is 6.57. The first-order chi connectivity index (χ1) is 8.37. The van der Waals surface area contributed by atoms with Crippen LogP contribution in [0.5, 0.6) is 0 Å². The Morgan fingerprint density at radius 3 is 2.06 bits per heavy atom. The van der Waals surface area contributed by atoms with Crippen LogP contribution in [0.3, 0.4) is 0 Å². The van der Waals surface area contributed by atoms with Crippen LogP contribution in [0.1, 0.15) is 45.2 Å². The second kappa shape index (κ2) is 5.40. The van der Waals surface area contributed by atoms with E-state index in [4.69, 9.17) is 23.2 Å². The fourth-order valence-electron chi connectivity index (χ4n) is 2.54. The molecular formula is C15H21Cl2N. The maximum Gasteiger partial charge on any atom is 0.0424 e. The molecule has 0 unspecified atom stereocenters. The number of benzene rings is 1. The number of piperidine rings is 1. The molecule has 0 saturated carbocycles. The molecule has 18 heavy (non-hydrogen) atoms. The Bertz CT molecular complexity index is 398. The summed E-state index contributed by atoms with van der Waals surface area (Å²) >= 11 is 12.2. The quantitative estimate of drug-likeness (QED) is 0.724. The Morgan fingerprint density at radius 2 is 1.56 bits per heavy atom. The average molecular weight is 286 g/mol. The molecule has 0 aliphatic carbocycles. The van der Waals surface area contributed by atoms with Gasteiger partial charge in [-0.15, -0.1) is 0 Å². The summed E-state index contributed by atoms with van der Waals surface area (Å²) in [6.07, 6.45) is 2.51. The minimum Gasteiger partial charge on any atom is -0.297 e. The van der Waals surface area contributed by atoms with Crippen LogP contribution in [0.4, 0.5) is 0 Å². The van der Waals surface area contributed by atoms with Gasteiger partial charge in [-0.1, -0.05) is 37.0 Å². The highest BCUT2D eigenvalue weighted by atomic mass is 35.5. The van der Waals surface area contributed by atoms with Crippen molar-refractivity contribution in [1.82, 2.24) is 4.90 Å². The minimum atomic E-state index is 0.386. The van der Waals surface area contributed by atoms with E-state index in [2.05, 4.69) is 25.7 Å². The molecule has 1 heterocycles. The van der Waals surface area contributed by atoms with E-state index >= 15 is 0 Å². The zero-order valence-corrected chi connectivity index (χ0v) is 12.9. The first-order valence-corrected chi connectivity index (χ1v) is 7.33. The topological polar surface area (TPSA) is 3.24 Å². The number of likely N-dealkylation sites (tertiary alicyclic amines) is 1. The zero-order valence-electron chi connectivity index (χ0n) is 11.3. The SMILES string of the molecule is C[C@H](c1cc(Cl)cc(Cl)c1)N1CCC(C)(C)CC1. The van der Waals surface area contributed by atoms with Crippen molar-refractivity contribution in [2.24, 2.45) is 5.41 Å². The molecule has 1 saturated heterocycles. The van der Waals surface area contributed by atoms with Crippen molar-refractivity contribution < 1.29 is 0 Å². The Labute approximate surface area is 120 Å². The predicted molar refractivity (Wildman–Crippen MR) is 79.5 cm³/mol. The van der Waals surface area contributed by atoms with Gasteiger partial charge in [0.15, 0.2) is 0 Å². The summed E-state index contributed by atoms with van der Waals surface area (Å²) in [6, 6.07) is 6.23. The Hall–Kier alpha value is -0.240. The first kappa shape index (κ1) is 14.2. The molecule has 1 aromatic rings. The van der Waals surface area contributed by atoms with Gasteiger partial charge in [0.25, 0.3) is 0 Å². The van der Waals surface area contributed by atoms with Crippen LogP contribution < -0.4 is 0 Å². The van der Waals surface area contributed by atoms with Crippen molar-refractivity contribution in [3.63, 3.8) is 0 Å². The molecule has 100 valence electrons. The van der Waals surface area contributed by atoms with Crippen molar-refractivity contribution in [2.45, 2.75) is 39.7 Å². The van der Waals surface area contributed by atoms with E-state index in [1.807, 2.05) is 12.1 Å². The molecule has 0 radical (unpaired) electrons. The molecule has 0 spiro atoms. The number of nitrogens with zero attached hydrogens (tertiary/aromatic N) is 1. The fourth-order valence-corrected chi connectivity index (χ4v) is 3.09. The molecule has 0 aromatic heterocycles. The highest BCUT2D eigenvalue weighted by molar-refractivity contribution is 6.34. The highest BCUT2D eigenvalue weighted by Crippen LogP contribution is 2.34. The average Bonchev–Trinajstić information content (AvgIpc) is 2.27. The summed E-state index contributed by atoms with van der Waals surface area (Å²) in [7, 11) is 0. The molecule has 1 atom stereocenters. The lowest BCUT2D eigenvalue weighted by atomic mass is 9.82. The second-order valence-corrected chi connectivity index (χ2v) is 6.95. The molecule has 3 heteroatoms. The van der Waals surface area contributed by atoms with Crippen molar-refractivity contribution in [3.8, 4) is 0 Å².